The third-order valence-corrected chi connectivity index (χ3v) is 7.76. The molecule has 2 saturated heterocycles. The number of amides is 1. The lowest BCUT2D eigenvalue weighted by Gasteiger charge is -2.32. The van der Waals surface area contributed by atoms with Crippen LogP contribution in [0.15, 0.2) is 12.4 Å². The van der Waals surface area contributed by atoms with Gasteiger partial charge >= 0.3 is 6.18 Å². The summed E-state index contributed by atoms with van der Waals surface area (Å²) in [6, 6.07) is 0. The molecular weight excluding hydrogens is 445 g/mol. The number of hydrogen-bond acceptors (Lipinski definition) is 5. The summed E-state index contributed by atoms with van der Waals surface area (Å²) in [4.78, 5) is 24.9. The first-order chi connectivity index (χ1) is 16.3. The van der Waals surface area contributed by atoms with E-state index in [0.29, 0.717) is 25.9 Å². The molecule has 1 aromatic rings. The Kier molecular flexibility index (Phi) is 8.32. The van der Waals surface area contributed by atoms with Crippen LogP contribution in [0.1, 0.15) is 63.9 Å². The number of alkyl halides is 3. The third-order valence-electron chi connectivity index (χ3n) is 7.76. The number of aromatic nitrogens is 2. The van der Waals surface area contributed by atoms with Crippen molar-refractivity contribution in [2.75, 3.05) is 37.7 Å². The second-order valence-electron chi connectivity index (χ2n) is 10.1. The number of halogens is 3. The molecule has 6 nitrogen and oxygen atoms in total. The van der Waals surface area contributed by atoms with E-state index in [1.54, 1.807) is 4.90 Å². The lowest BCUT2D eigenvalue weighted by molar-refractivity contribution is -0.150. The number of likely N-dealkylation sites (tertiary alicyclic amines) is 1. The van der Waals surface area contributed by atoms with E-state index in [4.69, 9.17) is 4.74 Å². The standard InChI is InChI=1S/C25H37F3N4O2/c1-2-18-16-29-24(30-17-18)32-10-4-19(5-11-32)22-15-20(22)8-14-34-21-6-12-31(13-7-21)23(33)3-9-25(26,27)28/h16-17,19-22H,2-15H2,1H3. The van der Waals surface area contributed by atoms with Crippen molar-refractivity contribution in [3.63, 3.8) is 0 Å². The Bertz CT molecular complexity index is 788. The van der Waals surface area contributed by atoms with Crippen molar-refractivity contribution in [1.82, 2.24) is 14.9 Å². The number of carbonyl (C=O) groups is 1. The molecule has 1 amide bonds. The van der Waals surface area contributed by atoms with Crippen LogP contribution < -0.4 is 4.90 Å². The van der Waals surface area contributed by atoms with Gasteiger partial charge in [0, 0.05) is 51.6 Å². The molecule has 2 aliphatic heterocycles. The highest BCUT2D eigenvalue weighted by Gasteiger charge is 2.43. The molecule has 190 valence electrons. The summed E-state index contributed by atoms with van der Waals surface area (Å²) in [5, 5.41) is 0. The fourth-order valence-electron chi connectivity index (χ4n) is 5.47. The first kappa shape index (κ1) is 25.2. The summed E-state index contributed by atoms with van der Waals surface area (Å²) in [7, 11) is 0. The highest BCUT2D eigenvalue weighted by atomic mass is 19.4. The molecule has 2 unspecified atom stereocenters. The van der Waals surface area contributed by atoms with Crippen molar-refractivity contribution in [3.05, 3.63) is 18.0 Å². The molecule has 1 aliphatic carbocycles. The van der Waals surface area contributed by atoms with Gasteiger partial charge in [0.15, 0.2) is 0 Å². The normalized spacial score (nSPS) is 24.5. The first-order valence-corrected chi connectivity index (χ1v) is 12.8. The average Bonchev–Trinajstić information content (AvgIpc) is 3.62. The van der Waals surface area contributed by atoms with Gasteiger partial charge in [-0.1, -0.05) is 6.92 Å². The van der Waals surface area contributed by atoms with E-state index in [-0.39, 0.29) is 6.10 Å². The third kappa shape index (κ3) is 7.06. The summed E-state index contributed by atoms with van der Waals surface area (Å²) in [5.41, 5.74) is 1.17. The molecule has 3 heterocycles. The summed E-state index contributed by atoms with van der Waals surface area (Å²) < 4.78 is 43.0. The van der Waals surface area contributed by atoms with E-state index in [1.165, 1.54) is 24.8 Å². The molecule has 2 atom stereocenters. The van der Waals surface area contributed by atoms with E-state index < -0.39 is 24.9 Å². The Morgan fingerprint density at radius 2 is 1.76 bits per heavy atom. The van der Waals surface area contributed by atoms with Crippen LogP contribution in [0.5, 0.6) is 0 Å². The quantitative estimate of drug-likeness (QED) is 0.514. The van der Waals surface area contributed by atoms with Crippen molar-refractivity contribution in [2.45, 2.75) is 77.0 Å². The topological polar surface area (TPSA) is 58.6 Å². The summed E-state index contributed by atoms with van der Waals surface area (Å²) >= 11 is 0. The second-order valence-corrected chi connectivity index (χ2v) is 10.1. The number of carbonyl (C=O) groups excluding carboxylic acids is 1. The van der Waals surface area contributed by atoms with Gasteiger partial charge in [0.05, 0.1) is 12.5 Å². The number of nitrogens with zero attached hydrogens (tertiary/aromatic N) is 4. The van der Waals surface area contributed by atoms with Gasteiger partial charge in [-0.2, -0.15) is 13.2 Å². The van der Waals surface area contributed by atoms with Crippen molar-refractivity contribution >= 4 is 11.9 Å². The Labute approximate surface area is 200 Å². The van der Waals surface area contributed by atoms with Crippen molar-refractivity contribution in [1.29, 1.82) is 0 Å². The lowest BCUT2D eigenvalue weighted by Crippen LogP contribution is -2.41. The van der Waals surface area contributed by atoms with Crippen LogP contribution in [0.25, 0.3) is 0 Å². The van der Waals surface area contributed by atoms with Gasteiger partial charge in [-0.05, 0) is 68.3 Å². The minimum Gasteiger partial charge on any atom is -0.378 e. The monoisotopic (exact) mass is 482 g/mol. The highest BCUT2D eigenvalue weighted by molar-refractivity contribution is 5.76. The molecule has 0 spiro atoms. The zero-order valence-electron chi connectivity index (χ0n) is 20.1. The molecule has 1 aromatic heterocycles. The van der Waals surface area contributed by atoms with Gasteiger partial charge in [0.25, 0.3) is 0 Å². The van der Waals surface area contributed by atoms with Crippen LogP contribution in [0.4, 0.5) is 19.1 Å². The van der Waals surface area contributed by atoms with Gasteiger partial charge in [0.1, 0.15) is 0 Å². The Morgan fingerprint density at radius 3 is 2.38 bits per heavy atom. The predicted octanol–water partition coefficient (Wildman–Crippen LogP) is 4.63. The number of piperidine rings is 2. The average molecular weight is 483 g/mol. The number of ether oxygens (including phenoxy) is 1. The molecule has 0 radical (unpaired) electrons. The summed E-state index contributed by atoms with van der Waals surface area (Å²) in [6.45, 7) is 5.89. The van der Waals surface area contributed by atoms with E-state index in [1.807, 2.05) is 12.4 Å². The van der Waals surface area contributed by atoms with Crippen LogP contribution in [0, 0.1) is 17.8 Å². The van der Waals surface area contributed by atoms with Crippen LogP contribution in [0.2, 0.25) is 0 Å². The Morgan fingerprint density at radius 1 is 1.09 bits per heavy atom. The van der Waals surface area contributed by atoms with Crippen LogP contribution in [-0.2, 0) is 16.0 Å². The fourth-order valence-corrected chi connectivity index (χ4v) is 5.47. The van der Waals surface area contributed by atoms with Gasteiger partial charge in [-0.3, -0.25) is 4.79 Å². The lowest BCUT2D eigenvalue weighted by atomic mass is 9.90. The van der Waals surface area contributed by atoms with Gasteiger partial charge < -0.3 is 14.5 Å². The van der Waals surface area contributed by atoms with Crippen molar-refractivity contribution in [3.8, 4) is 0 Å². The SMILES string of the molecule is CCc1cnc(N2CCC(C3CC3CCOC3CCN(C(=O)CCC(F)(F)F)CC3)CC2)nc1. The molecule has 9 heteroatoms. The molecule has 34 heavy (non-hydrogen) atoms. The van der Waals surface area contributed by atoms with Gasteiger partial charge in [0.2, 0.25) is 11.9 Å². The Balaban J connectivity index is 1.07. The van der Waals surface area contributed by atoms with E-state index in [0.717, 1.165) is 56.2 Å². The summed E-state index contributed by atoms with van der Waals surface area (Å²) in [6.07, 6.45) is 5.37. The molecule has 1 saturated carbocycles. The zero-order chi connectivity index (χ0) is 24.1. The minimum absolute atomic E-state index is 0.117. The molecule has 3 aliphatic rings. The summed E-state index contributed by atoms with van der Waals surface area (Å²) in [5.74, 6) is 2.79. The maximum atomic E-state index is 12.3. The smallest absolute Gasteiger partial charge is 0.378 e. The van der Waals surface area contributed by atoms with E-state index in [2.05, 4.69) is 21.8 Å². The van der Waals surface area contributed by atoms with Crippen LogP contribution in [0.3, 0.4) is 0 Å². The largest absolute Gasteiger partial charge is 0.389 e. The molecule has 0 aromatic carbocycles. The predicted molar refractivity (Wildman–Crippen MR) is 123 cm³/mol. The van der Waals surface area contributed by atoms with Gasteiger partial charge in [-0.15, -0.1) is 0 Å². The molecule has 0 N–H and O–H groups in total. The van der Waals surface area contributed by atoms with Gasteiger partial charge in [-0.25, -0.2) is 9.97 Å². The Hall–Kier alpha value is -1.90. The van der Waals surface area contributed by atoms with Crippen LogP contribution >= 0.6 is 0 Å². The molecule has 0 bridgehead atoms. The van der Waals surface area contributed by atoms with Crippen molar-refractivity contribution in [2.24, 2.45) is 17.8 Å². The fraction of sp³-hybridized carbons (Fsp3) is 0.800. The molecule has 4 rings (SSSR count). The number of aryl methyl sites for hydroxylation is 1. The number of rotatable bonds is 9. The van der Waals surface area contributed by atoms with E-state index in [9.17, 15) is 18.0 Å². The maximum absolute atomic E-state index is 12.3. The zero-order valence-corrected chi connectivity index (χ0v) is 20.1. The van der Waals surface area contributed by atoms with E-state index >= 15 is 0 Å². The molecule has 3 fully saturated rings. The molecular formula is C25H37F3N4O2. The highest BCUT2D eigenvalue weighted by Crippen LogP contribution is 2.50. The number of hydrogen-bond donors (Lipinski definition) is 0. The maximum Gasteiger partial charge on any atom is 0.389 e. The number of anilines is 1. The second kappa shape index (κ2) is 11.2. The first-order valence-electron chi connectivity index (χ1n) is 12.8. The van der Waals surface area contributed by atoms with Crippen LogP contribution in [-0.4, -0.2) is 65.8 Å². The minimum atomic E-state index is -4.27. The van der Waals surface area contributed by atoms with Crippen molar-refractivity contribution < 1.29 is 22.7 Å².